The fraction of sp³-hybridized carbons (Fsp3) is 0.250. The Morgan fingerprint density at radius 1 is 1.33 bits per heavy atom. The normalized spacial score (nSPS) is 14.0. The highest BCUT2D eigenvalue weighted by Gasteiger charge is 2.22. The lowest BCUT2D eigenvalue weighted by molar-refractivity contribution is -0.114. The molecule has 3 rings (SSSR count). The Balaban J connectivity index is 2.17. The first kappa shape index (κ1) is 13.8. The van der Waals surface area contributed by atoms with E-state index < -0.39 is 0 Å². The van der Waals surface area contributed by atoms with E-state index in [4.69, 9.17) is 4.74 Å². The number of fused-ring (bicyclic) bond motifs is 1. The average Bonchev–Trinajstić information content (AvgIpc) is 2.84. The van der Waals surface area contributed by atoms with Crippen molar-refractivity contribution < 1.29 is 9.53 Å². The van der Waals surface area contributed by atoms with Crippen LogP contribution in [0.5, 0.6) is 5.75 Å². The number of hydrogen-bond acceptors (Lipinski definition) is 4. The topological polar surface area (TPSA) is 50.7 Å². The fourth-order valence-corrected chi connectivity index (χ4v) is 3.37. The first-order valence-electron chi connectivity index (χ1n) is 6.83. The number of rotatable bonds is 3. The van der Waals surface area contributed by atoms with Gasteiger partial charge in [-0.2, -0.15) is 0 Å². The van der Waals surface area contributed by atoms with E-state index in [0.29, 0.717) is 0 Å². The number of carbonyl (C=O) groups is 1. The number of thiophene rings is 1. The van der Waals surface area contributed by atoms with Gasteiger partial charge in [-0.05, 0) is 24.6 Å². The third-order valence-electron chi connectivity index (χ3n) is 3.38. The first-order valence-corrected chi connectivity index (χ1v) is 7.65. The number of methoxy groups -OCH3 is 1. The number of nitrogens with zero attached hydrogens (tertiary/aromatic N) is 1. The Kier molecular flexibility index (Phi) is 3.75. The predicted molar refractivity (Wildman–Crippen MR) is 85.8 cm³/mol. The summed E-state index contributed by atoms with van der Waals surface area (Å²) in [6, 6.07) is 9.87. The number of aliphatic imine (C=N–C) groups is 1. The van der Waals surface area contributed by atoms with E-state index in [1.165, 1.54) is 4.88 Å². The number of para-hydroxylation sites is 1. The summed E-state index contributed by atoms with van der Waals surface area (Å²) in [6.45, 7) is 2.24. The summed E-state index contributed by atoms with van der Waals surface area (Å²) in [4.78, 5) is 17.6. The lowest BCUT2D eigenvalue weighted by Crippen LogP contribution is -2.12. The van der Waals surface area contributed by atoms with E-state index in [1.807, 2.05) is 24.3 Å². The molecule has 0 aliphatic carbocycles. The largest absolute Gasteiger partial charge is 0.496 e. The number of anilines is 1. The molecule has 0 bridgehead atoms. The molecule has 0 saturated carbocycles. The molecule has 1 N–H and O–H groups in total. The number of carbonyl (C=O) groups excluding carboxylic acids is 1. The van der Waals surface area contributed by atoms with Crippen LogP contribution < -0.4 is 10.1 Å². The fourth-order valence-electron chi connectivity index (χ4n) is 2.36. The van der Waals surface area contributed by atoms with Crippen molar-refractivity contribution in [2.45, 2.75) is 13.3 Å². The highest BCUT2D eigenvalue weighted by atomic mass is 32.1. The highest BCUT2D eigenvalue weighted by Crippen LogP contribution is 2.34. The minimum atomic E-state index is -0.0781. The van der Waals surface area contributed by atoms with Crippen LogP contribution in [0.2, 0.25) is 0 Å². The average molecular weight is 300 g/mol. The van der Waals surface area contributed by atoms with Crippen molar-refractivity contribution in [2.75, 3.05) is 19.0 Å². The summed E-state index contributed by atoms with van der Waals surface area (Å²) in [7, 11) is 1.64. The second-order valence-corrected chi connectivity index (χ2v) is 5.86. The molecule has 1 aromatic heterocycles. The van der Waals surface area contributed by atoms with Crippen LogP contribution in [0, 0.1) is 0 Å². The summed E-state index contributed by atoms with van der Waals surface area (Å²) in [5.41, 5.74) is 2.71. The Morgan fingerprint density at radius 3 is 2.90 bits per heavy atom. The maximum Gasteiger partial charge on any atom is 0.246 e. The van der Waals surface area contributed by atoms with Crippen LogP contribution in [0.3, 0.4) is 0 Å². The third kappa shape index (κ3) is 2.56. The molecule has 2 aromatic rings. The van der Waals surface area contributed by atoms with Gasteiger partial charge in [0.2, 0.25) is 5.91 Å². The second kappa shape index (κ2) is 5.69. The smallest absolute Gasteiger partial charge is 0.246 e. The van der Waals surface area contributed by atoms with E-state index in [2.05, 4.69) is 23.3 Å². The third-order valence-corrected chi connectivity index (χ3v) is 4.58. The summed E-state index contributed by atoms with van der Waals surface area (Å²) >= 11 is 1.61. The first-order chi connectivity index (χ1) is 10.2. The van der Waals surface area contributed by atoms with Crippen molar-refractivity contribution in [1.29, 1.82) is 0 Å². The molecular weight excluding hydrogens is 284 g/mol. The predicted octanol–water partition coefficient (Wildman–Crippen LogP) is 3.11. The van der Waals surface area contributed by atoms with Crippen molar-refractivity contribution >= 4 is 28.0 Å². The van der Waals surface area contributed by atoms with E-state index in [0.717, 1.165) is 34.0 Å². The Bertz CT molecular complexity index is 719. The van der Waals surface area contributed by atoms with Gasteiger partial charge in [0.25, 0.3) is 0 Å². The molecule has 1 aliphatic heterocycles. The van der Waals surface area contributed by atoms with Crippen LogP contribution in [0.4, 0.5) is 5.00 Å². The quantitative estimate of drug-likeness (QED) is 0.947. The Hall–Kier alpha value is -2.14. The van der Waals surface area contributed by atoms with Gasteiger partial charge in [0.1, 0.15) is 17.3 Å². The Labute approximate surface area is 127 Å². The summed E-state index contributed by atoms with van der Waals surface area (Å²) in [5, 5.41) is 3.81. The van der Waals surface area contributed by atoms with E-state index in [9.17, 15) is 4.79 Å². The van der Waals surface area contributed by atoms with E-state index >= 15 is 0 Å². The standard InChI is InChI=1S/C16H16N2O2S/c1-3-10-8-12-15(11-6-4-5-7-13(11)20-2)17-9-14(19)18-16(12)21-10/h4-8H,3,9H2,1-2H3,(H,18,19). The van der Waals surface area contributed by atoms with Crippen LogP contribution >= 0.6 is 11.3 Å². The maximum absolute atomic E-state index is 11.8. The minimum absolute atomic E-state index is 0.0781. The number of hydrogen-bond donors (Lipinski definition) is 1. The van der Waals surface area contributed by atoms with Crippen LogP contribution in [-0.4, -0.2) is 25.3 Å². The van der Waals surface area contributed by atoms with Gasteiger partial charge < -0.3 is 10.1 Å². The summed E-state index contributed by atoms with van der Waals surface area (Å²) < 4.78 is 5.43. The molecule has 1 amide bonds. The molecule has 21 heavy (non-hydrogen) atoms. The van der Waals surface area contributed by atoms with Gasteiger partial charge in [-0.3, -0.25) is 9.79 Å². The zero-order valence-corrected chi connectivity index (χ0v) is 12.8. The number of aryl methyl sites for hydroxylation is 1. The monoisotopic (exact) mass is 300 g/mol. The lowest BCUT2D eigenvalue weighted by Gasteiger charge is -2.10. The van der Waals surface area contributed by atoms with Gasteiger partial charge in [0.15, 0.2) is 0 Å². The molecule has 5 heteroatoms. The minimum Gasteiger partial charge on any atom is -0.496 e. The van der Waals surface area contributed by atoms with Gasteiger partial charge in [0.05, 0.1) is 12.8 Å². The molecule has 0 fully saturated rings. The molecule has 0 atom stereocenters. The second-order valence-electron chi connectivity index (χ2n) is 4.72. The molecule has 1 aromatic carbocycles. The number of amides is 1. The molecule has 108 valence electrons. The van der Waals surface area contributed by atoms with Gasteiger partial charge in [-0.1, -0.05) is 19.1 Å². The van der Waals surface area contributed by atoms with Gasteiger partial charge >= 0.3 is 0 Å². The van der Waals surface area contributed by atoms with Crippen molar-refractivity contribution in [3.05, 3.63) is 46.3 Å². The zero-order chi connectivity index (χ0) is 14.8. The number of benzene rings is 1. The van der Waals surface area contributed by atoms with Crippen LogP contribution in [0.1, 0.15) is 22.9 Å². The number of ether oxygens (including phenoxy) is 1. The summed E-state index contributed by atoms with van der Waals surface area (Å²) in [6.07, 6.45) is 0.937. The molecule has 0 spiro atoms. The SMILES string of the molecule is CCc1cc2c(s1)NC(=O)CN=C2c1ccccc1OC. The lowest BCUT2D eigenvalue weighted by atomic mass is 10.0. The van der Waals surface area contributed by atoms with Crippen molar-refractivity contribution in [3.63, 3.8) is 0 Å². The van der Waals surface area contributed by atoms with Crippen molar-refractivity contribution in [1.82, 2.24) is 0 Å². The van der Waals surface area contributed by atoms with Gasteiger partial charge in [-0.15, -0.1) is 11.3 Å². The van der Waals surface area contributed by atoms with Gasteiger partial charge in [-0.25, -0.2) is 0 Å². The van der Waals surface area contributed by atoms with Crippen LogP contribution in [0.15, 0.2) is 35.3 Å². The van der Waals surface area contributed by atoms with E-state index in [1.54, 1.807) is 18.4 Å². The van der Waals surface area contributed by atoms with Gasteiger partial charge in [0, 0.05) is 16.0 Å². The maximum atomic E-state index is 11.8. The number of nitrogens with one attached hydrogen (secondary N) is 1. The van der Waals surface area contributed by atoms with Crippen LogP contribution in [0.25, 0.3) is 0 Å². The van der Waals surface area contributed by atoms with Crippen LogP contribution in [-0.2, 0) is 11.2 Å². The molecule has 4 nitrogen and oxygen atoms in total. The Morgan fingerprint density at radius 2 is 2.14 bits per heavy atom. The molecule has 1 aliphatic rings. The molecule has 2 heterocycles. The molecule has 0 unspecified atom stereocenters. The van der Waals surface area contributed by atoms with Crippen molar-refractivity contribution in [3.8, 4) is 5.75 Å². The zero-order valence-electron chi connectivity index (χ0n) is 12.0. The van der Waals surface area contributed by atoms with E-state index in [-0.39, 0.29) is 12.5 Å². The molecule has 0 saturated heterocycles. The molecular formula is C16H16N2O2S. The summed E-state index contributed by atoms with van der Waals surface area (Å²) in [5.74, 6) is 0.687. The molecule has 0 radical (unpaired) electrons. The highest BCUT2D eigenvalue weighted by molar-refractivity contribution is 7.16. The van der Waals surface area contributed by atoms with Crippen molar-refractivity contribution in [2.24, 2.45) is 4.99 Å².